The molecule has 4 heterocycles. The van der Waals surface area contributed by atoms with Gasteiger partial charge in [-0.05, 0) is 66.7 Å². The van der Waals surface area contributed by atoms with Crippen LogP contribution in [-0.2, 0) is 0 Å². The third-order valence-electron chi connectivity index (χ3n) is 5.59. The summed E-state index contributed by atoms with van der Waals surface area (Å²) in [5.41, 5.74) is 1.63. The van der Waals surface area contributed by atoms with Gasteiger partial charge in [-0.25, -0.2) is 0 Å². The lowest BCUT2D eigenvalue weighted by Crippen LogP contribution is -2.52. The molecule has 3 aromatic rings. The second-order valence-corrected chi connectivity index (χ2v) is 7.36. The number of rotatable bonds is 2. The number of nitrogens with zero attached hydrogens (tertiary/aromatic N) is 3. The topological polar surface area (TPSA) is 38.2 Å². The normalized spacial score (nSPS) is 23.6. The Bertz CT molecular complexity index is 1010. The van der Waals surface area contributed by atoms with Crippen LogP contribution in [-0.4, -0.2) is 40.8 Å². The van der Waals surface area contributed by atoms with E-state index in [1.54, 1.807) is 0 Å². The molecule has 0 spiro atoms. The number of piperidine rings is 3. The zero-order valence-electron chi connectivity index (χ0n) is 15.1. The first-order chi connectivity index (χ1) is 13.3. The Kier molecular flexibility index (Phi) is 4.23. The molecule has 0 amide bonds. The Morgan fingerprint density at radius 3 is 2.48 bits per heavy atom. The Morgan fingerprint density at radius 2 is 1.74 bits per heavy atom. The van der Waals surface area contributed by atoms with Crippen molar-refractivity contribution in [2.45, 2.75) is 18.9 Å². The summed E-state index contributed by atoms with van der Waals surface area (Å²) in [5, 5.41) is 10.9. The van der Waals surface area contributed by atoms with Gasteiger partial charge in [0.05, 0.1) is 0 Å². The second-order valence-electron chi connectivity index (χ2n) is 7.36. The summed E-state index contributed by atoms with van der Waals surface area (Å²) in [4.78, 5) is 2.47. The maximum atomic E-state index is 6.09. The first-order valence-corrected chi connectivity index (χ1v) is 9.57. The number of fused-ring (bicyclic) bond motifs is 4. The lowest BCUT2D eigenvalue weighted by Gasteiger charge is -2.44. The van der Waals surface area contributed by atoms with Crippen LogP contribution in [0.3, 0.4) is 0 Å². The van der Waals surface area contributed by atoms with Gasteiger partial charge >= 0.3 is 0 Å². The average molecular weight is 355 g/mol. The van der Waals surface area contributed by atoms with Crippen molar-refractivity contribution in [1.29, 1.82) is 0 Å². The van der Waals surface area contributed by atoms with Crippen molar-refractivity contribution in [1.82, 2.24) is 15.1 Å². The van der Waals surface area contributed by atoms with Crippen LogP contribution >= 0.6 is 0 Å². The molecule has 0 radical (unpaired) electrons. The molecule has 0 saturated carbocycles. The molecule has 1 unspecified atom stereocenters. The van der Waals surface area contributed by atoms with Gasteiger partial charge in [-0.3, -0.25) is 4.90 Å². The van der Waals surface area contributed by atoms with Crippen molar-refractivity contribution >= 4 is 10.8 Å². The fourth-order valence-corrected chi connectivity index (χ4v) is 4.05. The first-order valence-electron chi connectivity index (χ1n) is 9.57. The van der Waals surface area contributed by atoms with Crippen LogP contribution in [0.4, 0.5) is 0 Å². The van der Waals surface area contributed by atoms with E-state index in [4.69, 9.17) is 4.74 Å². The zero-order valence-corrected chi connectivity index (χ0v) is 15.1. The van der Waals surface area contributed by atoms with Crippen LogP contribution in [0.15, 0.2) is 54.6 Å². The van der Waals surface area contributed by atoms with Gasteiger partial charge in [-0.2, -0.15) is 0 Å². The van der Waals surface area contributed by atoms with E-state index in [9.17, 15) is 0 Å². The third kappa shape index (κ3) is 3.51. The molecule has 1 atom stereocenters. The highest BCUT2D eigenvalue weighted by molar-refractivity contribution is 5.83. The van der Waals surface area contributed by atoms with Crippen molar-refractivity contribution in [2.75, 3.05) is 19.6 Å². The number of benzene rings is 2. The number of ether oxygens (including phenoxy) is 1. The van der Waals surface area contributed by atoms with Gasteiger partial charge in [0, 0.05) is 18.2 Å². The van der Waals surface area contributed by atoms with Crippen molar-refractivity contribution in [3.8, 4) is 17.7 Å². The molecule has 134 valence electrons. The van der Waals surface area contributed by atoms with Gasteiger partial charge < -0.3 is 4.74 Å². The fourth-order valence-electron chi connectivity index (χ4n) is 4.05. The summed E-state index contributed by atoms with van der Waals surface area (Å²) in [6.45, 7) is 3.43. The van der Waals surface area contributed by atoms with Crippen LogP contribution < -0.4 is 4.74 Å². The number of aromatic nitrogens is 2. The van der Waals surface area contributed by atoms with E-state index >= 15 is 0 Å². The molecular formula is C23H21N3O. The Balaban J connectivity index is 1.28. The van der Waals surface area contributed by atoms with Gasteiger partial charge in [0.15, 0.2) is 0 Å². The number of hydrogen-bond donors (Lipinski definition) is 0. The molecule has 0 aliphatic carbocycles. The summed E-state index contributed by atoms with van der Waals surface area (Å²) >= 11 is 0. The molecule has 27 heavy (non-hydrogen) atoms. The molecule has 2 aromatic carbocycles. The molecule has 2 bridgehead atoms. The lowest BCUT2D eigenvalue weighted by molar-refractivity contribution is -0.0104. The minimum Gasteiger partial charge on any atom is -0.472 e. The Hall–Kier alpha value is -2.90. The summed E-state index contributed by atoms with van der Waals surface area (Å²) in [5.74, 6) is 7.53. The summed E-state index contributed by atoms with van der Waals surface area (Å²) < 4.78 is 6.09. The first kappa shape index (κ1) is 16.3. The lowest BCUT2D eigenvalue weighted by atomic mass is 9.86. The molecular weight excluding hydrogens is 334 g/mol. The SMILES string of the molecule is C(#Cc1ccc(OC2CN3CCC2CC3)nn1)c1ccc2ccccc2c1. The Labute approximate surface area is 159 Å². The quantitative estimate of drug-likeness (QED) is 0.660. The molecule has 4 heteroatoms. The maximum Gasteiger partial charge on any atom is 0.233 e. The summed E-state index contributed by atoms with van der Waals surface area (Å²) in [7, 11) is 0. The van der Waals surface area contributed by atoms with Crippen LogP contribution in [0.5, 0.6) is 5.88 Å². The van der Waals surface area contributed by atoms with Gasteiger partial charge in [-0.1, -0.05) is 36.3 Å². The van der Waals surface area contributed by atoms with E-state index in [2.05, 4.69) is 51.2 Å². The highest BCUT2D eigenvalue weighted by Gasteiger charge is 2.35. The minimum atomic E-state index is 0.247. The van der Waals surface area contributed by atoms with Crippen molar-refractivity contribution in [3.63, 3.8) is 0 Å². The largest absolute Gasteiger partial charge is 0.472 e. The predicted octanol–water partition coefficient (Wildman–Crippen LogP) is 3.50. The van der Waals surface area contributed by atoms with E-state index in [1.807, 2.05) is 30.3 Å². The smallest absolute Gasteiger partial charge is 0.233 e. The molecule has 3 aliphatic rings. The van der Waals surface area contributed by atoms with Crippen LogP contribution in [0.2, 0.25) is 0 Å². The van der Waals surface area contributed by atoms with E-state index in [-0.39, 0.29) is 6.10 Å². The van der Waals surface area contributed by atoms with Crippen molar-refractivity contribution in [3.05, 3.63) is 65.9 Å². The van der Waals surface area contributed by atoms with E-state index in [1.165, 1.54) is 36.7 Å². The monoisotopic (exact) mass is 355 g/mol. The zero-order chi connectivity index (χ0) is 18.1. The van der Waals surface area contributed by atoms with E-state index in [0.717, 1.165) is 12.1 Å². The molecule has 6 rings (SSSR count). The van der Waals surface area contributed by atoms with Crippen molar-refractivity contribution in [2.24, 2.45) is 5.92 Å². The standard InChI is InChI=1S/C23H21N3O/c1-2-4-20-15-17(5-7-18(20)3-1)6-8-21-9-10-23(25-24-21)27-22-16-26-13-11-19(22)12-14-26/h1-5,7,9-10,15,19,22H,11-14,16H2. The van der Waals surface area contributed by atoms with Crippen molar-refractivity contribution < 1.29 is 4.74 Å². The molecule has 3 saturated heterocycles. The van der Waals surface area contributed by atoms with Gasteiger partial charge in [0.25, 0.3) is 0 Å². The predicted molar refractivity (Wildman–Crippen MR) is 106 cm³/mol. The van der Waals surface area contributed by atoms with Gasteiger partial charge in [0.2, 0.25) is 5.88 Å². The highest BCUT2D eigenvalue weighted by atomic mass is 16.5. The van der Waals surface area contributed by atoms with Crippen LogP contribution in [0.1, 0.15) is 24.1 Å². The van der Waals surface area contributed by atoms with E-state index < -0.39 is 0 Å². The molecule has 4 nitrogen and oxygen atoms in total. The maximum absolute atomic E-state index is 6.09. The second kappa shape index (κ2) is 7.02. The van der Waals surface area contributed by atoms with Gasteiger partial charge in [0.1, 0.15) is 11.8 Å². The van der Waals surface area contributed by atoms with E-state index in [0.29, 0.717) is 17.5 Å². The molecule has 3 aliphatic heterocycles. The molecule has 3 fully saturated rings. The number of hydrogen-bond acceptors (Lipinski definition) is 4. The van der Waals surface area contributed by atoms with Crippen LogP contribution in [0.25, 0.3) is 10.8 Å². The highest BCUT2D eigenvalue weighted by Crippen LogP contribution is 2.30. The Morgan fingerprint density at radius 1 is 0.889 bits per heavy atom. The van der Waals surface area contributed by atoms with Crippen LogP contribution in [0, 0.1) is 17.8 Å². The summed E-state index contributed by atoms with van der Waals surface area (Å²) in [6.07, 6.45) is 2.71. The minimum absolute atomic E-state index is 0.247. The molecule has 0 N–H and O–H groups in total. The average Bonchev–Trinajstić information content (AvgIpc) is 2.74. The molecule has 1 aromatic heterocycles. The fraction of sp³-hybridized carbons (Fsp3) is 0.304. The third-order valence-corrected chi connectivity index (χ3v) is 5.59. The summed E-state index contributed by atoms with van der Waals surface area (Å²) in [6, 6.07) is 18.3. The van der Waals surface area contributed by atoms with Gasteiger partial charge in [-0.15, -0.1) is 10.2 Å².